The Morgan fingerprint density at radius 3 is 2.62 bits per heavy atom. The van der Waals surface area contributed by atoms with Crippen LogP contribution in [0.3, 0.4) is 0 Å². The number of rotatable bonds is 9. The number of nitrogens with zero attached hydrogens (tertiary/aromatic N) is 2. The predicted molar refractivity (Wildman–Crippen MR) is 138 cm³/mol. The van der Waals surface area contributed by atoms with E-state index in [2.05, 4.69) is 49.5 Å². The zero-order valence-electron chi connectivity index (χ0n) is 19.1. The normalized spacial score (nSPS) is 10.9. The summed E-state index contributed by atoms with van der Waals surface area (Å²) in [4.78, 5) is 31.6. The van der Waals surface area contributed by atoms with Crippen LogP contribution in [0.1, 0.15) is 23.0 Å². The van der Waals surface area contributed by atoms with Gasteiger partial charge in [0.05, 0.1) is 6.61 Å². The highest BCUT2D eigenvalue weighted by molar-refractivity contribution is 6.12. The van der Waals surface area contributed by atoms with Gasteiger partial charge in [-0.05, 0) is 38.1 Å². The molecule has 0 saturated heterocycles. The number of H-pyrrole nitrogens is 1. The van der Waals surface area contributed by atoms with Gasteiger partial charge in [-0.15, -0.1) is 12.4 Å². The smallest absolute Gasteiger partial charge is 0.347 e. The van der Waals surface area contributed by atoms with Gasteiger partial charge in [0, 0.05) is 59.4 Å². The molecule has 0 saturated carbocycles. The number of amides is 1. The Kier molecular flexibility index (Phi) is 8.27. The van der Waals surface area contributed by atoms with Gasteiger partial charge in [0.25, 0.3) is 5.91 Å². The molecule has 0 spiro atoms. The van der Waals surface area contributed by atoms with E-state index in [-0.39, 0.29) is 36.3 Å². The average molecular weight is 485 g/mol. The van der Waals surface area contributed by atoms with Gasteiger partial charge < -0.3 is 30.6 Å². The Morgan fingerprint density at radius 2 is 1.85 bits per heavy atom. The summed E-state index contributed by atoms with van der Waals surface area (Å²) in [5.41, 5.74) is 3.11. The Hall–Kier alpha value is -3.40. The first kappa shape index (κ1) is 25.2. The van der Waals surface area contributed by atoms with Crippen molar-refractivity contribution in [3.05, 3.63) is 64.2 Å². The summed E-state index contributed by atoms with van der Waals surface area (Å²) in [6.45, 7) is 6.13. The molecule has 0 radical (unpaired) electrons. The van der Waals surface area contributed by atoms with E-state index in [1.807, 2.05) is 30.3 Å². The van der Waals surface area contributed by atoms with Gasteiger partial charge >= 0.3 is 5.69 Å². The summed E-state index contributed by atoms with van der Waals surface area (Å²) in [6, 6.07) is 14.1. The molecule has 5 N–H and O–H groups in total. The quantitative estimate of drug-likeness (QED) is 0.233. The molecule has 34 heavy (non-hydrogen) atoms. The molecular formula is C24H29ClN6O3. The van der Waals surface area contributed by atoms with Gasteiger partial charge in [0.1, 0.15) is 11.4 Å². The minimum absolute atomic E-state index is 0. The van der Waals surface area contributed by atoms with Gasteiger partial charge in [-0.25, -0.2) is 4.79 Å². The lowest BCUT2D eigenvalue weighted by Crippen LogP contribution is -2.28. The van der Waals surface area contributed by atoms with Crippen molar-refractivity contribution in [1.82, 2.24) is 19.9 Å². The molecule has 0 aliphatic carbocycles. The van der Waals surface area contributed by atoms with Gasteiger partial charge in [0.15, 0.2) is 0 Å². The number of aromatic nitrogens is 3. The molecule has 4 rings (SSSR count). The highest BCUT2D eigenvalue weighted by Gasteiger charge is 2.18. The molecule has 0 bridgehead atoms. The van der Waals surface area contributed by atoms with Crippen LogP contribution < -0.4 is 21.6 Å². The van der Waals surface area contributed by atoms with Crippen LogP contribution in [-0.4, -0.2) is 51.8 Å². The highest BCUT2D eigenvalue weighted by Crippen LogP contribution is 2.31. The molecule has 0 aliphatic heterocycles. The number of carbonyl (C=O) groups is 1. The molecular weight excluding hydrogens is 456 g/mol. The van der Waals surface area contributed by atoms with Crippen molar-refractivity contribution in [3.63, 3.8) is 0 Å². The van der Waals surface area contributed by atoms with Crippen molar-refractivity contribution in [3.8, 4) is 0 Å². The molecule has 2 aromatic heterocycles. The molecule has 0 fully saturated rings. The number of carbonyl (C=O) groups excluding carboxylic acids is 1. The van der Waals surface area contributed by atoms with Gasteiger partial charge in [0.2, 0.25) is 0 Å². The minimum atomic E-state index is -0.524. The molecule has 2 heterocycles. The van der Waals surface area contributed by atoms with Crippen molar-refractivity contribution in [1.29, 1.82) is 0 Å². The third kappa shape index (κ3) is 5.06. The Bertz CT molecular complexity index is 1360. The third-order valence-electron chi connectivity index (χ3n) is 5.58. The van der Waals surface area contributed by atoms with Gasteiger partial charge in [-0.2, -0.15) is 4.98 Å². The van der Waals surface area contributed by atoms with Crippen molar-refractivity contribution in [2.75, 3.05) is 36.9 Å². The van der Waals surface area contributed by atoms with Crippen molar-refractivity contribution in [2.45, 2.75) is 20.4 Å². The zero-order valence-corrected chi connectivity index (χ0v) is 20.0. The number of halogens is 1. The van der Waals surface area contributed by atoms with Crippen LogP contribution in [0.2, 0.25) is 0 Å². The second-order valence-electron chi connectivity index (χ2n) is 7.74. The molecule has 0 unspecified atom stereocenters. The van der Waals surface area contributed by atoms with Gasteiger partial charge in [-0.1, -0.05) is 18.2 Å². The van der Waals surface area contributed by atoms with Crippen LogP contribution in [0.15, 0.2) is 47.3 Å². The van der Waals surface area contributed by atoms with E-state index >= 15 is 0 Å². The summed E-state index contributed by atoms with van der Waals surface area (Å²) < 4.78 is 2.25. The number of para-hydroxylation sites is 1. The summed E-state index contributed by atoms with van der Waals surface area (Å²) in [7, 11) is 0. The number of hydrogen-bond acceptors (Lipinski definition) is 6. The number of aliphatic hydroxyl groups excluding tert-OH is 1. The number of benzene rings is 2. The highest BCUT2D eigenvalue weighted by atomic mass is 35.5. The maximum Gasteiger partial charge on any atom is 0.347 e. The van der Waals surface area contributed by atoms with Crippen LogP contribution in [0, 0.1) is 6.92 Å². The number of hydrogen-bond donors (Lipinski definition) is 5. The van der Waals surface area contributed by atoms with Crippen LogP contribution in [-0.2, 0) is 6.54 Å². The summed E-state index contributed by atoms with van der Waals surface area (Å²) in [6.07, 6.45) is 0. The summed E-state index contributed by atoms with van der Waals surface area (Å²) in [5, 5.41) is 20.1. The third-order valence-corrected chi connectivity index (χ3v) is 5.58. The molecule has 10 heteroatoms. The monoisotopic (exact) mass is 484 g/mol. The Morgan fingerprint density at radius 1 is 1.09 bits per heavy atom. The fourth-order valence-electron chi connectivity index (χ4n) is 4.13. The average Bonchev–Trinajstić information content (AvgIpc) is 3.11. The first-order valence-electron chi connectivity index (χ1n) is 11.0. The number of fused-ring (bicyclic) bond motifs is 3. The fourth-order valence-corrected chi connectivity index (χ4v) is 4.13. The second kappa shape index (κ2) is 11.1. The number of aryl methyl sites for hydroxylation is 2. The molecule has 0 aliphatic rings. The van der Waals surface area contributed by atoms with Crippen LogP contribution in [0.25, 0.3) is 21.8 Å². The Labute approximate surface area is 203 Å². The topological polar surface area (TPSA) is 124 Å². The van der Waals surface area contributed by atoms with E-state index in [4.69, 9.17) is 5.11 Å². The van der Waals surface area contributed by atoms with Crippen molar-refractivity contribution in [2.24, 2.45) is 0 Å². The maximum atomic E-state index is 13.2. The Balaban J connectivity index is 0.00000324. The standard InChI is InChI=1S/C24H28N6O3.ClH/c1-3-30-19-7-5-4-6-17(19)18-14-16(8-9-20(18)30)28-23(32)21-15(2)27-24(33)29-22(21)26-11-10-25-12-13-31;/h4-9,14,25,31H,3,10-13H2,1-2H3,(H,28,32)(H2,26,27,29,33);1H. The predicted octanol–water partition coefficient (Wildman–Crippen LogP) is 2.87. The SMILES string of the molecule is CCn1c2ccccc2c2cc(NC(=O)c3c(NCCNCCO)nc(=O)[nH]c3C)ccc21.Cl. The number of aliphatic hydroxyl groups is 1. The molecule has 0 atom stereocenters. The first-order valence-corrected chi connectivity index (χ1v) is 11.0. The molecule has 180 valence electrons. The van der Waals surface area contributed by atoms with Crippen molar-refractivity contribution >= 4 is 51.6 Å². The summed E-state index contributed by atoms with van der Waals surface area (Å²) in [5.74, 6) is -0.135. The molecule has 2 aromatic carbocycles. The van der Waals surface area contributed by atoms with Crippen LogP contribution in [0.5, 0.6) is 0 Å². The lowest BCUT2D eigenvalue weighted by molar-refractivity contribution is 0.102. The molecule has 4 aromatic rings. The fraction of sp³-hybridized carbons (Fsp3) is 0.292. The van der Waals surface area contributed by atoms with Gasteiger partial charge in [-0.3, -0.25) is 4.79 Å². The lowest BCUT2D eigenvalue weighted by Gasteiger charge is -2.13. The van der Waals surface area contributed by atoms with E-state index < -0.39 is 5.69 Å². The summed E-state index contributed by atoms with van der Waals surface area (Å²) >= 11 is 0. The zero-order chi connectivity index (χ0) is 23.4. The lowest BCUT2D eigenvalue weighted by atomic mass is 10.1. The van der Waals surface area contributed by atoms with Crippen LogP contribution in [0.4, 0.5) is 11.5 Å². The first-order chi connectivity index (χ1) is 16.0. The minimum Gasteiger partial charge on any atom is -0.395 e. The van der Waals surface area contributed by atoms with E-state index in [0.29, 0.717) is 31.0 Å². The van der Waals surface area contributed by atoms with E-state index in [1.54, 1.807) is 6.92 Å². The number of aromatic amines is 1. The number of anilines is 2. The maximum absolute atomic E-state index is 13.2. The largest absolute Gasteiger partial charge is 0.395 e. The second-order valence-corrected chi connectivity index (χ2v) is 7.74. The van der Waals surface area contributed by atoms with E-state index in [1.165, 1.54) is 0 Å². The number of nitrogens with one attached hydrogen (secondary N) is 4. The van der Waals surface area contributed by atoms with E-state index in [0.717, 1.165) is 28.4 Å². The molecule has 1 amide bonds. The van der Waals surface area contributed by atoms with Crippen LogP contribution >= 0.6 is 12.4 Å². The van der Waals surface area contributed by atoms with Crippen molar-refractivity contribution < 1.29 is 9.90 Å². The van der Waals surface area contributed by atoms with E-state index in [9.17, 15) is 9.59 Å². The molecule has 9 nitrogen and oxygen atoms in total.